The van der Waals surface area contributed by atoms with Gasteiger partial charge in [-0.05, 0) is 31.7 Å². The molecule has 0 aromatic heterocycles. The number of nitrogens with zero attached hydrogens (tertiary/aromatic N) is 1. The lowest BCUT2D eigenvalue weighted by Gasteiger charge is -2.24. The highest BCUT2D eigenvalue weighted by Crippen LogP contribution is 2.06. The molecule has 0 radical (unpaired) electrons. The summed E-state index contributed by atoms with van der Waals surface area (Å²) in [6.07, 6.45) is -0.0557. The molecule has 0 saturated carbocycles. The van der Waals surface area contributed by atoms with Crippen molar-refractivity contribution >= 4 is 35.6 Å². The Morgan fingerprint density at radius 3 is 2.08 bits per heavy atom. The molecule has 1 rings (SSSR count). The van der Waals surface area contributed by atoms with E-state index < -0.39 is 53.8 Å². The minimum Gasteiger partial charge on any atom is -0.481 e. The molecule has 1 aromatic carbocycles. The molecule has 0 aliphatic heterocycles. The molecule has 0 saturated heterocycles. The number of hydrogen-bond acceptors (Lipinski definition) is 7. The molecule has 204 valence electrons. The molecule has 4 atom stereocenters. The van der Waals surface area contributed by atoms with Crippen LogP contribution in [0.5, 0.6) is 0 Å². The van der Waals surface area contributed by atoms with Crippen LogP contribution in [-0.4, -0.2) is 76.5 Å². The van der Waals surface area contributed by atoms with Crippen LogP contribution in [0.1, 0.15) is 38.2 Å². The summed E-state index contributed by atoms with van der Waals surface area (Å²) in [7, 11) is 0. The number of aliphatic imine (C=N–C) groups is 1. The number of hydrogen-bond donors (Lipinski definition) is 8. The van der Waals surface area contributed by atoms with Gasteiger partial charge in [-0.15, -0.1) is 0 Å². The zero-order valence-electron chi connectivity index (χ0n) is 20.6. The second kappa shape index (κ2) is 15.7. The van der Waals surface area contributed by atoms with Gasteiger partial charge in [0.15, 0.2) is 5.96 Å². The summed E-state index contributed by atoms with van der Waals surface area (Å²) in [5, 5.41) is 25.6. The van der Waals surface area contributed by atoms with Gasteiger partial charge in [0.2, 0.25) is 17.7 Å². The van der Waals surface area contributed by atoms with E-state index >= 15 is 0 Å². The highest BCUT2D eigenvalue weighted by Gasteiger charge is 2.28. The summed E-state index contributed by atoms with van der Waals surface area (Å²) in [6, 6.07) is 4.05. The lowest BCUT2D eigenvalue weighted by molar-refractivity contribution is -0.142. The fourth-order valence-corrected chi connectivity index (χ4v) is 3.19. The fraction of sp³-hybridized carbons (Fsp3) is 0.478. The van der Waals surface area contributed by atoms with Crippen molar-refractivity contribution in [3.8, 4) is 0 Å². The predicted octanol–water partition coefficient (Wildman–Crippen LogP) is -1.97. The van der Waals surface area contributed by atoms with E-state index in [0.29, 0.717) is 5.56 Å². The number of aliphatic carboxylic acids is 2. The van der Waals surface area contributed by atoms with Crippen LogP contribution in [0, 0.1) is 0 Å². The van der Waals surface area contributed by atoms with E-state index in [0.717, 1.165) is 0 Å². The number of amides is 3. The second-order valence-electron chi connectivity index (χ2n) is 8.37. The molecule has 0 bridgehead atoms. The topological polar surface area (TPSA) is 252 Å². The predicted molar refractivity (Wildman–Crippen MR) is 134 cm³/mol. The van der Waals surface area contributed by atoms with Gasteiger partial charge in [0.05, 0.1) is 6.04 Å². The number of carboxylic acids is 2. The number of benzene rings is 1. The lowest BCUT2D eigenvalue weighted by atomic mass is 10.0. The maximum Gasteiger partial charge on any atom is 0.326 e. The number of carbonyl (C=O) groups excluding carboxylic acids is 3. The third kappa shape index (κ3) is 12.4. The summed E-state index contributed by atoms with van der Waals surface area (Å²) in [4.78, 5) is 64.1. The van der Waals surface area contributed by atoms with E-state index in [4.69, 9.17) is 22.3 Å². The first-order valence-corrected chi connectivity index (χ1v) is 11.6. The van der Waals surface area contributed by atoms with E-state index in [1.807, 2.05) is 0 Å². The van der Waals surface area contributed by atoms with Crippen molar-refractivity contribution in [3.63, 3.8) is 0 Å². The minimum atomic E-state index is -1.25. The van der Waals surface area contributed by atoms with Crippen molar-refractivity contribution in [2.45, 2.75) is 63.2 Å². The Morgan fingerprint density at radius 1 is 0.892 bits per heavy atom. The molecular formula is C23H35N7O7. The second-order valence-corrected chi connectivity index (χ2v) is 8.37. The molecule has 0 aliphatic carbocycles. The maximum absolute atomic E-state index is 13.0. The van der Waals surface area contributed by atoms with Crippen molar-refractivity contribution in [1.82, 2.24) is 16.0 Å². The molecule has 0 fully saturated rings. The Bertz CT molecular complexity index is 967. The molecular weight excluding hydrogens is 486 g/mol. The van der Waals surface area contributed by atoms with E-state index in [1.54, 1.807) is 30.3 Å². The first-order chi connectivity index (χ1) is 17.4. The molecule has 37 heavy (non-hydrogen) atoms. The standard InChI is InChI=1S/C23H35N7O7/c1-13(28-20(34)15(24)9-10-18(31)32)19(33)29-16(8-5-11-27-23(25)26)21(35)30-17(22(36)37)12-14-6-3-2-4-7-14/h2-4,6-7,13,15-17H,5,8-12,24H2,1H3,(H,28,34)(H,29,33)(H,30,35)(H,31,32)(H,36,37)(H4,25,26,27). The van der Waals surface area contributed by atoms with Crippen LogP contribution < -0.4 is 33.2 Å². The summed E-state index contributed by atoms with van der Waals surface area (Å²) < 4.78 is 0. The summed E-state index contributed by atoms with van der Waals surface area (Å²) in [5.74, 6) is -4.70. The van der Waals surface area contributed by atoms with E-state index in [9.17, 15) is 29.1 Å². The molecule has 1 aromatic rings. The highest BCUT2D eigenvalue weighted by atomic mass is 16.4. The molecule has 14 heteroatoms. The Hall–Kier alpha value is -4.20. The van der Waals surface area contributed by atoms with E-state index in [-0.39, 0.29) is 44.6 Å². The van der Waals surface area contributed by atoms with Gasteiger partial charge in [-0.2, -0.15) is 0 Å². The van der Waals surface area contributed by atoms with Gasteiger partial charge >= 0.3 is 11.9 Å². The van der Waals surface area contributed by atoms with Gasteiger partial charge in [0, 0.05) is 19.4 Å². The zero-order valence-corrected chi connectivity index (χ0v) is 20.6. The van der Waals surface area contributed by atoms with Crippen LogP contribution in [0.4, 0.5) is 0 Å². The van der Waals surface area contributed by atoms with E-state index in [1.165, 1.54) is 6.92 Å². The normalized spacial score (nSPS) is 13.8. The highest BCUT2D eigenvalue weighted by molar-refractivity contribution is 5.94. The number of nitrogens with one attached hydrogen (secondary N) is 3. The zero-order chi connectivity index (χ0) is 28.0. The van der Waals surface area contributed by atoms with Crippen LogP contribution in [0.25, 0.3) is 0 Å². The smallest absolute Gasteiger partial charge is 0.326 e. The van der Waals surface area contributed by atoms with Gasteiger partial charge in [0.25, 0.3) is 0 Å². The molecule has 0 heterocycles. The Morgan fingerprint density at radius 2 is 1.51 bits per heavy atom. The number of carbonyl (C=O) groups is 5. The van der Waals surface area contributed by atoms with Crippen LogP contribution in [-0.2, 0) is 30.4 Å². The molecule has 0 aliphatic rings. The number of guanidine groups is 1. The quantitative estimate of drug-likeness (QED) is 0.0676. The fourth-order valence-electron chi connectivity index (χ4n) is 3.19. The maximum atomic E-state index is 13.0. The van der Waals surface area contributed by atoms with E-state index in [2.05, 4.69) is 20.9 Å². The van der Waals surface area contributed by atoms with Crippen LogP contribution in [0.3, 0.4) is 0 Å². The Labute approximate surface area is 214 Å². The van der Waals surface area contributed by atoms with Crippen molar-refractivity contribution in [3.05, 3.63) is 35.9 Å². The molecule has 14 nitrogen and oxygen atoms in total. The average Bonchev–Trinajstić information content (AvgIpc) is 2.83. The third-order valence-electron chi connectivity index (χ3n) is 5.23. The lowest BCUT2D eigenvalue weighted by Crippen LogP contribution is -2.56. The van der Waals surface area contributed by atoms with Gasteiger partial charge in [0.1, 0.15) is 18.1 Å². The van der Waals surface area contributed by atoms with Crippen molar-refractivity contribution in [1.29, 1.82) is 0 Å². The summed E-state index contributed by atoms with van der Waals surface area (Å²) in [6.45, 7) is 1.53. The molecule has 4 unspecified atom stereocenters. The Kier molecular flexibility index (Phi) is 13.1. The average molecular weight is 522 g/mol. The van der Waals surface area contributed by atoms with Gasteiger partial charge in [-0.25, -0.2) is 4.79 Å². The van der Waals surface area contributed by atoms with Crippen LogP contribution in [0.15, 0.2) is 35.3 Å². The van der Waals surface area contributed by atoms with Crippen molar-refractivity contribution < 1.29 is 34.2 Å². The van der Waals surface area contributed by atoms with Gasteiger partial charge in [-0.3, -0.25) is 24.2 Å². The first-order valence-electron chi connectivity index (χ1n) is 11.6. The largest absolute Gasteiger partial charge is 0.481 e. The van der Waals surface area contributed by atoms with Gasteiger partial charge in [-0.1, -0.05) is 30.3 Å². The molecule has 3 amide bonds. The van der Waals surface area contributed by atoms with Crippen molar-refractivity contribution in [2.24, 2.45) is 22.2 Å². The van der Waals surface area contributed by atoms with Crippen LogP contribution in [0.2, 0.25) is 0 Å². The number of rotatable bonds is 16. The number of nitrogens with two attached hydrogens (primary N) is 3. The summed E-state index contributed by atoms with van der Waals surface area (Å²) >= 11 is 0. The number of carboxylic acid groups (broad SMARTS) is 2. The molecule has 11 N–H and O–H groups in total. The molecule has 0 spiro atoms. The monoisotopic (exact) mass is 521 g/mol. The van der Waals surface area contributed by atoms with Gasteiger partial charge < -0.3 is 43.4 Å². The van der Waals surface area contributed by atoms with Crippen LogP contribution >= 0.6 is 0 Å². The summed E-state index contributed by atoms with van der Waals surface area (Å²) in [5.41, 5.74) is 17.0. The SMILES string of the molecule is CC(NC(=O)C(N)CCC(=O)O)C(=O)NC(CCCN=C(N)N)C(=O)NC(Cc1ccccc1)C(=O)O. The first kappa shape index (κ1) is 30.8. The minimum absolute atomic E-state index is 0.0251. The Balaban J connectivity index is 2.87. The van der Waals surface area contributed by atoms with Crippen molar-refractivity contribution in [2.75, 3.05) is 6.54 Å². The third-order valence-corrected chi connectivity index (χ3v) is 5.23.